The van der Waals surface area contributed by atoms with Gasteiger partial charge in [-0.2, -0.15) is 0 Å². The summed E-state index contributed by atoms with van der Waals surface area (Å²) in [6.45, 7) is 0. The van der Waals surface area contributed by atoms with Crippen LogP contribution < -0.4 is 0 Å². The summed E-state index contributed by atoms with van der Waals surface area (Å²) in [6, 6.07) is 9.74. The van der Waals surface area contributed by atoms with E-state index in [1.807, 2.05) is 30.3 Å². The van der Waals surface area contributed by atoms with Gasteiger partial charge in [-0.15, -0.1) is 0 Å². The zero-order valence-corrected chi connectivity index (χ0v) is 12.0. The summed E-state index contributed by atoms with van der Waals surface area (Å²) in [5, 5.41) is 1.44. The van der Waals surface area contributed by atoms with E-state index in [0.29, 0.717) is 5.02 Å². The van der Waals surface area contributed by atoms with Crippen molar-refractivity contribution in [3.05, 3.63) is 63.9 Å². The molecule has 1 aromatic heterocycles. The highest BCUT2D eigenvalue weighted by Gasteiger charge is 2.10. The van der Waals surface area contributed by atoms with E-state index in [1.165, 1.54) is 0 Å². The minimum Gasteiger partial charge on any atom is -0.263 e. The molecule has 88 valence electrons. The minimum atomic E-state index is 0.195. The molecule has 1 heterocycles. The number of halogens is 3. The molecule has 0 aliphatic rings. The molecule has 0 spiro atoms. The molecule has 0 aliphatic carbocycles. The summed E-state index contributed by atoms with van der Waals surface area (Å²) < 4.78 is 0. The van der Waals surface area contributed by atoms with E-state index in [0.717, 1.165) is 22.6 Å². The number of aromatic nitrogens is 1. The van der Waals surface area contributed by atoms with Gasteiger partial charge in [-0.05, 0) is 35.7 Å². The Bertz CT molecular complexity index is 516. The van der Waals surface area contributed by atoms with E-state index in [1.54, 1.807) is 12.4 Å². The van der Waals surface area contributed by atoms with Crippen LogP contribution >= 0.6 is 39.1 Å². The number of nitrogens with zero attached hydrogens (tertiary/aromatic N) is 1. The normalized spacial score (nSPS) is 12.4. The Morgan fingerprint density at radius 1 is 1.24 bits per heavy atom. The lowest BCUT2D eigenvalue weighted by Crippen LogP contribution is -1.96. The lowest BCUT2D eigenvalue weighted by Gasteiger charge is -2.11. The molecule has 1 atom stereocenters. The molecule has 0 N–H and O–H groups in total. The average Bonchev–Trinajstić information content (AvgIpc) is 2.32. The Balaban J connectivity index is 2.17. The molecule has 0 fully saturated rings. The molecule has 17 heavy (non-hydrogen) atoms. The van der Waals surface area contributed by atoms with Gasteiger partial charge in [0.2, 0.25) is 0 Å². The second-order valence-corrected chi connectivity index (χ2v) is 5.64. The van der Waals surface area contributed by atoms with Crippen LogP contribution in [0, 0.1) is 0 Å². The van der Waals surface area contributed by atoms with Crippen LogP contribution in [0.15, 0.2) is 42.7 Å². The average molecular weight is 331 g/mol. The van der Waals surface area contributed by atoms with Crippen molar-refractivity contribution < 1.29 is 0 Å². The second-order valence-electron chi connectivity index (χ2n) is 3.69. The third-order valence-corrected chi connectivity index (χ3v) is 3.89. The monoisotopic (exact) mass is 329 g/mol. The molecule has 1 nitrogen and oxygen atoms in total. The minimum absolute atomic E-state index is 0.195. The number of pyridine rings is 1. The summed E-state index contributed by atoms with van der Waals surface area (Å²) >= 11 is 15.7. The van der Waals surface area contributed by atoms with Crippen LogP contribution in [-0.2, 0) is 6.42 Å². The second kappa shape index (κ2) is 5.85. The molecule has 0 bridgehead atoms. The largest absolute Gasteiger partial charge is 0.263 e. The zero-order chi connectivity index (χ0) is 12.3. The van der Waals surface area contributed by atoms with Crippen LogP contribution in [0.1, 0.15) is 16.0 Å². The molecule has 4 heteroatoms. The molecular weight excluding hydrogens is 321 g/mol. The maximum Gasteiger partial charge on any atom is 0.0621 e. The highest BCUT2D eigenvalue weighted by Crippen LogP contribution is 2.30. The molecule has 2 rings (SSSR count). The number of hydrogen-bond donors (Lipinski definition) is 0. The fraction of sp³-hybridized carbons (Fsp3) is 0.154. The van der Waals surface area contributed by atoms with Gasteiger partial charge in [-0.3, -0.25) is 4.98 Å². The van der Waals surface area contributed by atoms with Gasteiger partial charge in [0.05, 0.1) is 5.02 Å². The van der Waals surface area contributed by atoms with Gasteiger partial charge < -0.3 is 0 Å². The van der Waals surface area contributed by atoms with E-state index < -0.39 is 0 Å². The van der Waals surface area contributed by atoms with Gasteiger partial charge in [0.25, 0.3) is 0 Å². The SMILES string of the molecule is Clc1cccc(C(Br)Cc2ccncc2Cl)c1. The van der Waals surface area contributed by atoms with Gasteiger partial charge >= 0.3 is 0 Å². The van der Waals surface area contributed by atoms with Crippen molar-refractivity contribution in [3.8, 4) is 0 Å². The van der Waals surface area contributed by atoms with Gasteiger partial charge in [-0.25, -0.2) is 0 Å². The molecule has 2 aromatic rings. The number of benzene rings is 1. The van der Waals surface area contributed by atoms with Gasteiger partial charge in [-0.1, -0.05) is 51.3 Å². The standard InChI is InChI=1S/C13H10BrCl2N/c14-12(9-2-1-3-11(15)6-9)7-10-4-5-17-8-13(10)16/h1-6,8,12H,7H2. The molecule has 0 amide bonds. The Labute approximate surface area is 119 Å². The Morgan fingerprint density at radius 3 is 2.76 bits per heavy atom. The van der Waals surface area contributed by atoms with Crippen molar-refractivity contribution in [1.82, 2.24) is 4.98 Å². The van der Waals surface area contributed by atoms with Crippen LogP contribution in [0.3, 0.4) is 0 Å². The van der Waals surface area contributed by atoms with Crippen molar-refractivity contribution >= 4 is 39.1 Å². The molecule has 1 aromatic carbocycles. The number of alkyl halides is 1. The van der Waals surface area contributed by atoms with E-state index in [9.17, 15) is 0 Å². The molecule has 0 radical (unpaired) electrons. The first-order valence-electron chi connectivity index (χ1n) is 5.15. The third kappa shape index (κ3) is 3.44. The summed E-state index contributed by atoms with van der Waals surface area (Å²) in [6.07, 6.45) is 4.22. The molecule has 1 unspecified atom stereocenters. The van der Waals surface area contributed by atoms with Crippen molar-refractivity contribution in [2.24, 2.45) is 0 Å². The summed E-state index contributed by atoms with van der Waals surface area (Å²) in [4.78, 5) is 4.17. The first-order valence-corrected chi connectivity index (χ1v) is 6.82. The fourth-order valence-corrected chi connectivity index (χ4v) is 2.61. The fourth-order valence-electron chi connectivity index (χ4n) is 1.58. The van der Waals surface area contributed by atoms with Crippen molar-refractivity contribution in [1.29, 1.82) is 0 Å². The third-order valence-electron chi connectivity index (χ3n) is 2.47. The van der Waals surface area contributed by atoms with Crippen molar-refractivity contribution in [2.45, 2.75) is 11.2 Å². The Kier molecular flexibility index (Phi) is 4.43. The Hall–Kier alpha value is -0.570. The molecule has 0 saturated carbocycles. The summed E-state index contributed by atoms with van der Waals surface area (Å²) in [5.74, 6) is 0. The number of hydrogen-bond acceptors (Lipinski definition) is 1. The Morgan fingerprint density at radius 2 is 2.06 bits per heavy atom. The number of rotatable bonds is 3. The maximum atomic E-state index is 6.08. The maximum absolute atomic E-state index is 6.08. The van der Waals surface area contributed by atoms with E-state index >= 15 is 0 Å². The van der Waals surface area contributed by atoms with Crippen LogP contribution in [-0.4, -0.2) is 4.98 Å². The predicted octanol–water partition coefficient (Wildman–Crippen LogP) is 5.07. The first kappa shape index (κ1) is 12.9. The van der Waals surface area contributed by atoms with Gasteiger partial charge in [0.1, 0.15) is 0 Å². The van der Waals surface area contributed by atoms with Gasteiger partial charge in [0, 0.05) is 22.2 Å². The van der Waals surface area contributed by atoms with Crippen molar-refractivity contribution in [2.75, 3.05) is 0 Å². The smallest absolute Gasteiger partial charge is 0.0621 e. The quantitative estimate of drug-likeness (QED) is 0.716. The molecule has 0 aliphatic heterocycles. The van der Waals surface area contributed by atoms with Crippen molar-refractivity contribution in [3.63, 3.8) is 0 Å². The van der Waals surface area contributed by atoms with E-state index in [4.69, 9.17) is 23.2 Å². The highest BCUT2D eigenvalue weighted by molar-refractivity contribution is 9.09. The topological polar surface area (TPSA) is 12.9 Å². The van der Waals surface area contributed by atoms with Gasteiger partial charge in [0.15, 0.2) is 0 Å². The highest BCUT2D eigenvalue weighted by atomic mass is 79.9. The molecular formula is C13H10BrCl2N. The van der Waals surface area contributed by atoms with E-state index in [-0.39, 0.29) is 4.83 Å². The zero-order valence-electron chi connectivity index (χ0n) is 8.91. The van der Waals surface area contributed by atoms with E-state index in [2.05, 4.69) is 20.9 Å². The van der Waals surface area contributed by atoms with Crippen LogP contribution in [0.5, 0.6) is 0 Å². The summed E-state index contributed by atoms with van der Waals surface area (Å²) in [7, 11) is 0. The first-order chi connectivity index (χ1) is 8.16. The molecule has 0 saturated heterocycles. The van der Waals surface area contributed by atoms with Crippen LogP contribution in [0.4, 0.5) is 0 Å². The summed E-state index contributed by atoms with van der Waals surface area (Å²) in [5.41, 5.74) is 2.22. The van der Waals surface area contributed by atoms with Crippen LogP contribution in [0.25, 0.3) is 0 Å². The van der Waals surface area contributed by atoms with Crippen LogP contribution in [0.2, 0.25) is 10.0 Å². The lowest BCUT2D eigenvalue weighted by atomic mass is 10.1. The predicted molar refractivity (Wildman–Crippen MR) is 76.1 cm³/mol. The lowest BCUT2D eigenvalue weighted by molar-refractivity contribution is 0.945.